The first-order valence-electron chi connectivity index (χ1n) is 9.38. The normalized spacial score (nSPS) is 23.4. The summed E-state index contributed by atoms with van der Waals surface area (Å²) >= 11 is 0. The van der Waals surface area contributed by atoms with Crippen LogP contribution in [0.3, 0.4) is 0 Å². The lowest BCUT2D eigenvalue weighted by Crippen LogP contribution is -2.47. The van der Waals surface area contributed by atoms with E-state index in [0.717, 1.165) is 50.9 Å². The molecular formula is C18H32IN3O2. The molecule has 1 saturated heterocycles. The molecule has 3 aliphatic rings. The maximum Gasteiger partial charge on any atom is 0.309 e. The number of piperidine rings is 1. The van der Waals surface area contributed by atoms with E-state index in [-0.39, 0.29) is 35.9 Å². The Bertz CT molecular complexity index is 453. The molecule has 2 saturated carbocycles. The van der Waals surface area contributed by atoms with Gasteiger partial charge in [0, 0.05) is 26.2 Å². The number of nitrogens with zero attached hydrogens (tertiary/aromatic N) is 2. The van der Waals surface area contributed by atoms with E-state index in [0.29, 0.717) is 12.0 Å². The molecule has 1 aliphatic heterocycles. The number of likely N-dealkylation sites (tertiary alicyclic amines) is 1. The highest BCUT2D eigenvalue weighted by Gasteiger charge is 2.53. The van der Waals surface area contributed by atoms with E-state index in [1.807, 2.05) is 6.92 Å². The third kappa shape index (κ3) is 4.76. The molecule has 0 aromatic carbocycles. The van der Waals surface area contributed by atoms with Gasteiger partial charge in [-0.15, -0.1) is 24.0 Å². The lowest BCUT2D eigenvalue weighted by Gasteiger charge is -2.33. The molecule has 0 spiro atoms. The minimum atomic E-state index is -0.0280. The van der Waals surface area contributed by atoms with E-state index in [1.165, 1.54) is 25.7 Å². The van der Waals surface area contributed by atoms with Gasteiger partial charge in [-0.05, 0) is 63.7 Å². The zero-order chi connectivity index (χ0) is 16.3. The number of halogens is 1. The molecule has 0 atom stereocenters. The van der Waals surface area contributed by atoms with Gasteiger partial charge in [0.1, 0.15) is 0 Å². The first-order chi connectivity index (χ1) is 11.2. The molecule has 3 rings (SSSR count). The first kappa shape index (κ1) is 19.8. The highest BCUT2D eigenvalue weighted by molar-refractivity contribution is 14.0. The highest BCUT2D eigenvalue weighted by Crippen LogP contribution is 2.61. The summed E-state index contributed by atoms with van der Waals surface area (Å²) in [7, 11) is 0. The zero-order valence-corrected chi connectivity index (χ0v) is 17.4. The fraction of sp³-hybridized carbons (Fsp3) is 0.889. The van der Waals surface area contributed by atoms with Crippen LogP contribution in [0.5, 0.6) is 0 Å². The number of nitrogens with one attached hydrogen (secondary N) is 1. The van der Waals surface area contributed by atoms with Crippen LogP contribution in [0.25, 0.3) is 0 Å². The summed E-state index contributed by atoms with van der Waals surface area (Å²) in [5.74, 6) is 2.03. The number of guanidine groups is 1. The molecule has 1 heterocycles. The number of carbonyl (C=O) groups excluding carboxylic acids is 1. The van der Waals surface area contributed by atoms with E-state index >= 15 is 0 Å². The quantitative estimate of drug-likeness (QED) is 0.293. The molecule has 0 aromatic rings. The van der Waals surface area contributed by atoms with Crippen LogP contribution < -0.4 is 5.32 Å². The Morgan fingerprint density at radius 1 is 1.21 bits per heavy atom. The van der Waals surface area contributed by atoms with Crippen molar-refractivity contribution in [2.24, 2.45) is 22.2 Å². The number of hydrogen-bond acceptors (Lipinski definition) is 3. The average molecular weight is 449 g/mol. The summed E-state index contributed by atoms with van der Waals surface area (Å²) in [5, 5.41) is 3.44. The monoisotopic (exact) mass is 449 g/mol. The number of rotatable bonds is 6. The fourth-order valence-corrected chi connectivity index (χ4v) is 3.80. The second-order valence-electron chi connectivity index (χ2n) is 7.32. The van der Waals surface area contributed by atoms with Crippen LogP contribution in [0, 0.1) is 17.3 Å². The zero-order valence-electron chi connectivity index (χ0n) is 15.1. The van der Waals surface area contributed by atoms with Gasteiger partial charge in [-0.3, -0.25) is 9.79 Å². The second-order valence-corrected chi connectivity index (χ2v) is 7.32. The van der Waals surface area contributed by atoms with Crippen molar-refractivity contribution < 1.29 is 9.53 Å². The Morgan fingerprint density at radius 3 is 2.38 bits per heavy atom. The van der Waals surface area contributed by atoms with Crippen molar-refractivity contribution in [3.05, 3.63) is 0 Å². The largest absolute Gasteiger partial charge is 0.466 e. The minimum absolute atomic E-state index is 0. The molecule has 2 aliphatic carbocycles. The SMILES string of the molecule is CCNC(=NCC1(C2CC2)CC1)N1CCC(C(=O)OCC)CC1.I. The van der Waals surface area contributed by atoms with E-state index in [9.17, 15) is 4.79 Å². The fourth-order valence-electron chi connectivity index (χ4n) is 3.80. The van der Waals surface area contributed by atoms with Crippen molar-refractivity contribution in [3.8, 4) is 0 Å². The van der Waals surface area contributed by atoms with Crippen molar-refractivity contribution in [3.63, 3.8) is 0 Å². The van der Waals surface area contributed by atoms with Crippen LogP contribution in [0.1, 0.15) is 52.4 Å². The van der Waals surface area contributed by atoms with Gasteiger partial charge in [0.25, 0.3) is 0 Å². The van der Waals surface area contributed by atoms with Gasteiger partial charge in [0.05, 0.1) is 12.5 Å². The second kappa shape index (κ2) is 8.72. The van der Waals surface area contributed by atoms with Gasteiger partial charge in [0.15, 0.2) is 5.96 Å². The summed E-state index contributed by atoms with van der Waals surface area (Å²) in [6.45, 7) is 8.14. The van der Waals surface area contributed by atoms with Crippen LogP contribution in [0.15, 0.2) is 4.99 Å². The highest BCUT2D eigenvalue weighted by atomic mass is 127. The molecule has 0 radical (unpaired) electrons. The Morgan fingerprint density at radius 2 is 1.88 bits per heavy atom. The lowest BCUT2D eigenvalue weighted by atomic mass is 9.97. The summed E-state index contributed by atoms with van der Waals surface area (Å²) in [5.41, 5.74) is 0.546. The molecular weight excluding hydrogens is 417 g/mol. The molecule has 1 N–H and O–H groups in total. The summed E-state index contributed by atoms with van der Waals surface area (Å²) in [4.78, 5) is 19.1. The molecule has 5 nitrogen and oxygen atoms in total. The Hall–Kier alpha value is -0.530. The van der Waals surface area contributed by atoms with Crippen LogP contribution in [-0.2, 0) is 9.53 Å². The predicted octanol–water partition coefficient (Wildman–Crippen LogP) is 3.04. The smallest absolute Gasteiger partial charge is 0.309 e. The van der Waals surface area contributed by atoms with Crippen LogP contribution in [0.2, 0.25) is 0 Å². The van der Waals surface area contributed by atoms with E-state index in [4.69, 9.17) is 9.73 Å². The van der Waals surface area contributed by atoms with Crippen LogP contribution in [0.4, 0.5) is 0 Å². The van der Waals surface area contributed by atoms with Crippen molar-refractivity contribution >= 4 is 35.9 Å². The lowest BCUT2D eigenvalue weighted by molar-refractivity contribution is -0.149. The van der Waals surface area contributed by atoms with Crippen molar-refractivity contribution in [1.82, 2.24) is 10.2 Å². The average Bonchev–Trinajstić information content (AvgIpc) is 3.45. The van der Waals surface area contributed by atoms with Crippen molar-refractivity contribution in [2.75, 3.05) is 32.8 Å². The standard InChI is InChI=1S/C18H31N3O2.HI/c1-3-19-17(20-13-18(9-10-18)15-5-6-15)21-11-7-14(8-12-21)16(22)23-4-2;/h14-15H,3-13H2,1-2H3,(H,19,20);1H. The summed E-state index contributed by atoms with van der Waals surface area (Å²) in [6.07, 6.45) is 7.30. The Balaban J connectivity index is 0.00000208. The molecule has 138 valence electrons. The van der Waals surface area contributed by atoms with Crippen LogP contribution >= 0.6 is 24.0 Å². The molecule has 0 unspecified atom stereocenters. The summed E-state index contributed by atoms with van der Waals surface area (Å²) < 4.78 is 5.15. The number of aliphatic imine (C=N–C) groups is 1. The third-order valence-corrected chi connectivity index (χ3v) is 5.63. The van der Waals surface area contributed by atoms with Gasteiger partial charge in [-0.25, -0.2) is 0 Å². The Labute approximate surface area is 163 Å². The molecule has 0 bridgehead atoms. The van der Waals surface area contributed by atoms with Gasteiger partial charge < -0.3 is 15.0 Å². The molecule has 24 heavy (non-hydrogen) atoms. The number of esters is 1. The minimum Gasteiger partial charge on any atom is -0.466 e. The maximum absolute atomic E-state index is 11.9. The van der Waals surface area contributed by atoms with Gasteiger partial charge >= 0.3 is 5.97 Å². The van der Waals surface area contributed by atoms with Crippen molar-refractivity contribution in [1.29, 1.82) is 0 Å². The number of hydrogen-bond donors (Lipinski definition) is 1. The topological polar surface area (TPSA) is 53.9 Å². The first-order valence-corrected chi connectivity index (χ1v) is 9.38. The van der Waals surface area contributed by atoms with E-state index < -0.39 is 0 Å². The van der Waals surface area contributed by atoms with Crippen LogP contribution in [-0.4, -0.2) is 49.6 Å². The Kier molecular flexibility index (Phi) is 7.19. The summed E-state index contributed by atoms with van der Waals surface area (Å²) in [6, 6.07) is 0. The molecule has 6 heteroatoms. The molecule has 3 fully saturated rings. The van der Waals surface area contributed by atoms with Gasteiger partial charge in [-0.2, -0.15) is 0 Å². The third-order valence-electron chi connectivity index (χ3n) is 5.63. The maximum atomic E-state index is 11.9. The van der Waals surface area contributed by atoms with E-state index in [2.05, 4.69) is 17.1 Å². The molecule has 0 amide bonds. The van der Waals surface area contributed by atoms with E-state index in [1.54, 1.807) is 0 Å². The number of carbonyl (C=O) groups is 1. The molecule has 0 aromatic heterocycles. The van der Waals surface area contributed by atoms with Crippen molar-refractivity contribution in [2.45, 2.75) is 52.4 Å². The van der Waals surface area contributed by atoms with Gasteiger partial charge in [0.2, 0.25) is 0 Å². The van der Waals surface area contributed by atoms with Gasteiger partial charge in [-0.1, -0.05) is 0 Å². The predicted molar refractivity (Wildman–Crippen MR) is 107 cm³/mol. The number of ether oxygens (including phenoxy) is 1.